The summed E-state index contributed by atoms with van der Waals surface area (Å²) in [5.74, 6) is 0.575. The Morgan fingerprint density at radius 1 is 1.21 bits per heavy atom. The molecule has 0 fully saturated rings. The standard InChI is InChI=1S/C11H10F3N3O2/c1-7-16-17-10(18-7)6-15-8-2-4-9(5-3-8)19-11(12,13)14/h2-5,15H,6H2,1H3. The van der Waals surface area contributed by atoms with Gasteiger partial charge in [-0.05, 0) is 24.3 Å². The highest BCUT2D eigenvalue weighted by Crippen LogP contribution is 2.24. The van der Waals surface area contributed by atoms with Crippen molar-refractivity contribution < 1.29 is 22.3 Å². The van der Waals surface area contributed by atoms with Crippen molar-refractivity contribution in [2.45, 2.75) is 19.8 Å². The predicted molar refractivity (Wildman–Crippen MR) is 59.5 cm³/mol. The van der Waals surface area contributed by atoms with Crippen LogP contribution in [0.3, 0.4) is 0 Å². The normalized spacial score (nSPS) is 11.4. The summed E-state index contributed by atoms with van der Waals surface area (Å²) in [6.45, 7) is 1.96. The largest absolute Gasteiger partial charge is 0.573 e. The Hall–Kier alpha value is -2.25. The molecule has 5 nitrogen and oxygen atoms in total. The van der Waals surface area contributed by atoms with Crippen LogP contribution in [0.2, 0.25) is 0 Å². The van der Waals surface area contributed by atoms with E-state index in [1.807, 2.05) is 0 Å². The number of nitrogens with zero attached hydrogens (tertiary/aromatic N) is 2. The molecule has 1 aromatic carbocycles. The first kappa shape index (κ1) is 13.2. The molecule has 102 valence electrons. The molecular formula is C11H10F3N3O2. The molecule has 1 N–H and O–H groups in total. The summed E-state index contributed by atoms with van der Waals surface area (Å²) in [4.78, 5) is 0. The quantitative estimate of drug-likeness (QED) is 0.928. The monoisotopic (exact) mass is 273 g/mol. The lowest BCUT2D eigenvalue weighted by Gasteiger charge is -2.09. The minimum absolute atomic E-state index is 0.272. The Morgan fingerprint density at radius 3 is 2.42 bits per heavy atom. The number of halogens is 3. The maximum absolute atomic E-state index is 11.9. The molecule has 2 aromatic rings. The number of alkyl halides is 3. The lowest BCUT2D eigenvalue weighted by molar-refractivity contribution is -0.274. The van der Waals surface area contributed by atoms with E-state index in [0.29, 0.717) is 24.0 Å². The molecule has 0 bridgehead atoms. The van der Waals surface area contributed by atoms with Crippen LogP contribution in [0.1, 0.15) is 11.8 Å². The second-order valence-corrected chi connectivity index (χ2v) is 3.64. The molecule has 0 radical (unpaired) electrons. The molecule has 2 rings (SSSR count). The zero-order valence-corrected chi connectivity index (χ0v) is 9.86. The average molecular weight is 273 g/mol. The van der Waals surface area contributed by atoms with Crippen LogP contribution >= 0.6 is 0 Å². The highest BCUT2D eigenvalue weighted by molar-refractivity contribution is 5.46. The van der Waals surface area contributed by atoms with Crippen LogP contribution in [0.25, 0.3) is 0 Å². The number of aromatic nitrogens is 2. The SMILES string of the molecule is Cc1nnc(CNc2ccc(OC(F)(F)F)cc2)o1. The molecule has 0 aliphatic rings. The third-order valence-corrected chi connectivity index (χ3v) is 2.10. The highest BCUT2D eigenvalue weighted by Gasteiger charge is 2.30. The Kier molecular flexibility index (Phi) is 3.59. The number of ether oxygens (including phenoxy) is 1. The maximum atomic E-state index is 11.9. The second kappa shape index (κ2) is 5.17. The van der Waals surface area contributed by atoms with Gasteiger partial charge in [-0.25, -0.2) is 0 Å². The summed E-state index contributed by atoms with van der Waals surface area (Å²) < 4.78 is 44.7. The molecule has 0 spiro atoms. The fourth-order valence-electron chi connectivity index (χ4n) is 1.36. The summed E-state index contributed by atoms with van der Waals surface area (Å²) in [7, 11) is 0. The molecule has 0 saturated heterocycles. The zero-order valence-electron chi connectivity index (χ0n) is 9.86. The van der Waals surface area contributed by atoms with Crippen molar-refractivity contribution in [3.05, 3.63) is 36.0 Å². The van der Waals surface area contributed by atoms with Crippen molar-refractivity contribution in [1.82, 2.24) is 10.2 Å². The first-order chi connectivity index (χ1) is 8.92. The number of anilines is 1. The highest BCUT2D eigenvalue weighted by atomic mass is 19.4. The van der Waals surface area contributed by atoms with E-state index in [0.717, 1.165) is 0 Å². The van der Waals surface area contributed by atoms with E-state index < -0.39 is 6.36 Å². The number of rotatable bonds is 4. The molecule has 0 aliphatic carbocycles. The molecule has 0 saturated carbocycles. The molecule has 0 atom stereocenters. The van der Waals surface area contributed by atoms with Gasteiger partial charge in [0.15, 0.2) is 0 Å². The van der Waals surface area contributed by atoms with E-state index >= 15 is 0 Å². The molecular weight excluding hydrogens is 263 g/mol. The molecule has 0 amide bonds. The van der Waals surface area contributed by atoms with E-state index in [1.54, 1.807) is 6.92 Å². The van der Waals surface area contributed by atoms with Crippen molar-refractivity contribution in [3.63, 3.8) is 0 Å². The molecule has 8 heteroatoms. The molecule has 0 aliphatic heterocycles. The van der Waals surface area contributed by atoms with Gasteiger partial charge in [0.25, 0.3) is 0 Å². The fourth-order valence-corrected chi connectivity index (χ4v) is 1.36. The first-order valence-corrected chi connectivity index (χ1v) is 5.31. The van der Waals surface area contributed by atoms with Crippen LogP contribution in [0, 0.1) is 6.92 Å². The smallest absolute Gasteiger partial charge is 0.424 e. The van der Waals surface area contributed by atoms with Crippen LogP contribution in [-0.4, -0.2) is 16.6 Å². The molecule has 1 heterocycles. The number of benzene rings is 1. The van der Waals surface area contributed by atoms with E-state index in [2.05, 4.69) is 20.3 Å². The van der Waals surface area contributed by atoms with Gasteiger partial charge in [-0.15, -0.1) is 23.4 Å². The number of hydrogen-bond acceptors (Lipinski definition) is 5. The van der Waals surface area contributed by atoms with Gasteiger partial charge in [-0.1, -0.05) is 0 Å². The minimum atomic E-state index is -4.68. The van der Waals surface area contributed by atoms with Crippen LogP contribution in [0.5, 0.6) is 5.75 Å². The van der Waals surface area contributed by atoms with Gasteiger partial charge in [0, 0.05) is 12.6 Å². The van der Waals surface area contributed by atoms with E-state index in [-0.39, 0.29) is 5.75 Å². The van der Waals surface area contributed by atoms with Gasteiger partial charge >= 0.3 is 6.36 Å². The maximum Gasteiger partial charge on any atom is 0.573 e. The topological polar surface area (TPSA) is 60.2 Å². The zero-order chi connectivity index (χ0) is 13.9. The minimum Gasteiger partial charge on any atom is -0.424 e. The van der Waals surface area contributed by atoms with Crippen LogP contribution < -0.4 is 10.1 Å². The van der Waals surface area contributed by atoms with Crippen molar-refractivity contribution in [1.29, 1.82) is 0 Å². The molecule has 19 heavy (non-hydrogen) atoms. The lowest BCUT2D eigenvalue weighted by Crippen LogP contribution is -2.17. The number of nitrogens with one attached hydrogen (secondary N) is 1. The number of hydrogen-bond donors (Lipinski definition) is 1. The molecule has 1 aromatic heterocycles. The van der Waals surface area contributed by atoms with Crippen molar-refractivity contribution >= 4 is 5.69 Å². The Labute approximate surface area is 106 Å². The summed E-state index contributed by atoms with van der Waals surface area (Å²) >= 11 is 0. The van der Waals surface area contributed by atoms with E-state index in [9.17, 15) is 13.2 Å². The lowest BCUT2D eigenvalue weighted by atomic mass is 10.3. The third kappa shape index (κ3) is 4.16. The second-order valence-electron chi connectivity index (χ2n) is 3.64. The first-order valence-electron chi connectivity index (χ1n) is 5.31. The molecule has 0 unspecified atom stereocenters. The van der Waals surface area contributed by atoms with Crippen molar-refractivity contribution in [3.8, 4) is 5.75 Å². The summed E-state index contributed by atoms with van der Waals surface area (Å²) in [5.41, 5.74) is 0.616. The third-order valence-electron chi connectivity index (χ3n) is 2.10. The van der Waals surface area contributed by atoms with Gasteiger partial charge in [-0.2, -0.15) is 0 Å². The van der Waals surface area contributed by atoms with Crippen molar-refractivity contribution in [2.75, 3.05) is 5.32 Å². The summed E-state index contributed by atoms with van der Waals surface area (Å²) in [5, 5.41) is 10.4. The van der Waals surface area contributed by atoms with Crippen LogP contribution in [0.4, 0.5) is 18.9 Å². The van der Waals surface area contributed by atoms with Gasteiger partial charge in [-0.3, -0.25) is 0 Å². The van der Waals surface area contributed by atoms with Crippen LogP contribution in [0.15, 0.2) is 28.7 Å². The van der Waals surface area contributed by atoms with Gasteiger partial charge in [0.2, 0.25) is 11.8 Å². The Balaban J connectivity index is 1.91. The van der Waals surface area contributed by atoms with Crippen LogP contribution in [-0.2, 0) is 6.54 Å². The average Bonchev–Trinajstić information content (AvgIpc) is 2.72. The van der Waals surface area contributed by atoms with Gasteiger partial charge in [0.1, 0.15) is 5.75 Å². The predicted octanol–water partition coefficient (Wildman–Crippen LogP) is 2.89. The summed E-state index contributed by atoms with van der Waals surface area (Å²) in [6.07, 6.45) is -4.68. The fraction of sp³-hybridized carbons (Fsp3) is 0.273. The number of aryl methyl sites for hydroxylation is 1. The van der Waals surface area contributed by atoms with Gasteiger partial charge in [0.05, 0.1) is 6.54 Å². The van der Waals surface area contributed by atoms with Crippen molar-refractivity contribution in [2.24, 2.45) is 0 Å². The summed E-state index contributed by atoms with van der Waals surface area (Å²) in [6, 6.07) is 5.36. The van der Waals surface area contributed by atoms with Gasteiger partial charge < -0.3 is 14.5 Å². The van der Waals surface area contributed by atoms with E-state index in [1.165, 1.54) is 24.3 Å². The Morgan fingerprint density at radius 2 is 1.89 bits per heavy atom. The Bertz CT molecular complexity index is 537. The van der Waals surface area contributed by atoms with E-state index in [4.69, 9.17) is 4.42 Å².